The Morgan fingerprint density at radius 1 is 1.31 bits per heavy atom. The van der Waals surface area contributed by atoms with Gasteiger partial charge in [0.1, 0.15) is 11.6 Å². The van der Waals surface area contributed by atoms with Crippen LogP contribution in [0.5, 0.6) is 5.75 Å². The van der Waals surface area contributed by atoms with Crippen LogP contribution in [-0.4, -0.2) is 27.3 Å². The summed E-state index contributed by atoms with van der Waals surface area (Å²) >= 11 is 1.02. The summed E-state index contributed by atoms with van der Waals surface area (Å²) < 4.78 is 28.1. The zero-order valence-electron chi connectivity index (χ0n) is 15.6. The minimum Gasteiger partial charge on any atom is -0.486 e. The molecule has 1 saturated carbocycles. The zero-order valence-corrected chi connectivity index (χ0v) is 17.8. The number of rotatable bonds is 8. The van der Waals surface area contributed by atoms with Gasteiger partial charge in [0, 0.05) is 40.3 Å². The Morgan fingerprint density at radius 2 is 2.07 bits per heavy atom. The molecule has 1 fully saturated rings. The first kappa shape index (κ1) is 21.4. The van der Waals surface area contributed by atoms with Crippen LogP contribution in [0.4, 0.5) is 14.6 Å². The molecule has 0 spiro atoms. The number of anilines is 1. The average molecular weight is 515 g/mol. The van der Waals surface area contributed by atoms with Crippen LogP contribution >= 0.6 is 22.6 Å². The SMILES string of the molecule is CC(NC(=O)c1ccnc(NC(=O)C2CC2)c1)c1cccc(OCC(F)(F)I)c1. The molecule has 1 aliphatic rings. The number of halogens is 3. The number of carbonyl (C=O) groups is 2. The molecule has 154 valence electrons. The van der Waals surface area contributed by atoms with Gasteiger partial charge in [-0.1, -0.05) is 12.1 Å². The molecule has 1 atom stereocenters. The number of nitrogens with one attached hydrogen (secondary N) is 2. The second-order valence-corrected chi connectivity index (χ2v) is 8.44. The third-order valence-electron chi connectivity index (χ3n) is 4.33. The van der Waals surface area contributed by atoms with Crippen molar-refractivity contribution < 1.29 is 23.1 Å². The lowest BCUT2D eigenvalue weighted by molar-refractivity contribution is -0.117. The van der Waals surface area contributed by atoms with Gasteiger partial charge in [0.05, 0.1) is 6.04 Å². The van der Waals surface area contributed by atoms with E-state index in [4.69, 9.17) is 4.74 Å². The van der Waals surface area contributed by atoms with Crippen molar-refractivity contribution >= 4 is 40.2 Å². The lowest BCUT2D eigenvalue weighted by Crippen LogP contribution is -2.27. The molecule has 9 heteroatoms. The summed E-state index contributed by atoms with van der Waals surface area (Å²) in [5, 5.41) is 5.55. The number of alkyl halides is 3. The van der Waals surface area contributed by atoms with E-state index in [1.165, 1.54) is 12.3 Å². The van der Waals surface area contributed by atoms with Gasteiger partial charge in [-0.15, -0.1) is 0 Å². The second kappa shape index (κ2) is 9.02. The highest BCUT2D eigenvalue weighted by Crippen LogP contribution is 2.30. The van der Waals surface area contributed by atoms with Crippen LogP contribution in [-0.2, 0) is 4.79 Å². The number of amides is 2. The van der Waals surface area contributed by atoms with Crippen molar-refractivity contribution in [1.29, 1.82) is 0 Å². The Morgan fingerprint density at radius 3 is 2.76 bits per heavy atom. The molecule has 0 radical (unpaired) electrons. The Labute approximate surface area is 180 Å². The van der Waals surface area contributed by atoms with Crippen molar-refractivity contribution in [3.8, 4) is 5.75 Å². The molecule has 1 aromatic heterocycles. The lowest BCUT2D eigenvalue weighted by atomic mass is 10.1. The summed E-state index contributed by atoms with van der Waals surface area (Å²) in [5.41, 5.74) is 1.07. The highest BCUT2D eigenvalue weighted by molar-refractivity contribution is 14.1. The summed E-state index contributed by atoms with van der Waals surface area (Å²) in [6, 6.07) is 9.33. The van der Waals surface area contributed by atoms with E-state index in [1.54, 1.807) is 37.3 Å². The quantitative estimate of drug-likeness (QED) is 0.406. The first-order valence-corrected chi connectivity index (χ1v) is 10.2. The Hall–Kier alpha value is -2.30. The minimum absolute atomic E-state index is 0.0379. The fraction of sp³-hybridized carbons (Fsp3) is 0.350. The number of hydrogen-bond acceptors (Lipinski definition) is 4. The van der Waals surface area contributed by atoms with E-state index in [0.717, 1.165) is 35.4 Å². The summed E-state index contributed by atoms with van der Waals surface area (Å²) in [6.45, 7) is 1.05. The van der Waals surface area contributed by atoms with Crippen molar-refractivity contribution in [2.24, 2.45) is 5.92 Å². The predicted molar refractivity (Wildman–Crippen MR) is 112 cm³/mol. The Balaban J connectivity index is 1.62. The topological polar surface area (TPSA) is 80.3 Å². The van der Waals surface area contributed by atoms with E-state index in [9.17, 15) is 18.4 Å². The molecule has 1 heterocycles. The summed E-state index contributed by atoms with van der Waals surface area (Å²) in [7, 11) is 0. The number of hydrogen-bond donors (Lipinski definition) is 2. The van der Waals surface area contributed by atoms with E-state index in [0.29, 0.717) is 22.7 Å². The van der Waals surface area contributed by atoms with Crippen molar-refractivity contribution in [1.82, 2.24) is 10.3 Å². The zero-order chi connectivity index (χ0) is 21.0. The largest absolute Gasteiger partial charge is 0.486 e. The van der Waals surface area contributed by atoms with Gasteiger partial charge in [-0.25, -0.2) is 4.98 Å². The normalized spacial score (nSPS) is 14.8. The first-order valence-electron chi connectivity index (χ1n) is 9.08. The number of ether oxygens (including phenoxy) is 1. The van der Waals surface area contributed by atoms with Gasteiger partial charge in [-0.05, 0) is 49.6 Å². The van der Waals surface area contributed by atoms with Crippen LogP contribution in [0.15, 0.2) is 42.6 Å². The molecule has 0 aliphatic heterocycles. The number of nitrogens with zero attached hydrogens (tertiary/aromatic N) is 1. The van der Waals surface area contributed by atoms with Crippen molar-refractivity contribution in [3.05, 3.63) is 53.7 Å². The molecule has 6 nitrogen and oxygen atoms in total. The van der Waals surface area contributed by atoms with Gasteiger partial charge in [0.25, 0.3) is 5.91 Å². The van der Waals surface area contributed by atoms with Gasteiger partial charge in [0.2, 0.25) is 5.91 Å². The molecular formula is C20H20F2IN3O3. The highest BCUT2D eigenvalue weighted by Gasteiger charge is 2.30. The Kier molecular flexibility index (Phi) is 6.66. The van der Waals surface area contributed by atoms with Gasteiger partial charge in [0.15, 0.2) is 6.61 Å². The smallest absolute Gasteiger partial charge is 0.329 e. The number of carbonyl (C=O) groups excluding carboxylic acids is 2. The molecule has 1 aromatic carbocycles. The summed E-state index contributed by atoms with van der Waals surface area (Å²) in [6.07, 6.45) is 3.21. The van der Waals surface area contributed by atoms with E-state index in [-0.39, 0.29) is 23.8 Å². The van der Waals surface area contributed by atoms with E-state index < -0.39 is 10.5 Å². The molecule has 2 N–H and O–H groups in total. The van der Waals surface area contributed by atoms with Crippen LogP contribution in [0, 0.1) is 5.92 Å². The minimum atomic E-state index is -2.96. The molecule has 3 rings (SSSR count). The fourth-order valence-electron chi connectivity index (χ4n) is 2.62. The van der Waals surface area contributed by atoms with Crippen LogP contribution in [0.2, 0.25) is 0 Å². The van der Waals surface area contributed by atoms with Gasteiger partial charge < -0.3 is 15.4 Å². The number of aromatic nitrogens is 1. The van der Waals surface area contributed by atoms with E-state index in [2.05, 4.69) is 15.6 Å². The third kappa shape index (κ3) is 6.62. The Bertz CT molecular complexity index is 901. The predicted octanol–water partition coefficient (Wildman–Crippen LogP) is 4.33. The van der Waals surface area contributed by atoms with E-state index in [1.807, 2.05) is 0 Å². The molecular weight excluding hydrogens is 495 g/mol. The van der Waals surface area contributed by atoms with Crippen LogP contribution in [0.3, 0.4) is 0 Å². The number of pyridine rings is 1. The molecule has 0 bridgehead atoms. The monoisotopic (exact) mass is 515 g/mol. The van der Waals surface area contributed by atoms with Crippen LogP contribution in [0.1, 0.15) is 41.7 Å². The summed E-state index contributed by atoms with van der Waals surface area (Å²) in [4.78, 5) is 28.5. The average Bonchev–Trinajstić information content (AvgIpc) is 3.51. The highest BCUT2D eigenvalue weighted by atomic mass is 127. The molecule has 2 amide bonds. The van der Waals surface area contributed by atoms with Crippen molar-refractivity contribution in [3.63, 3.8) is 0 Å². The molecule has 2 aromatic rings. The van der Waals surface area contributed by atoms with Crippen molar-refractivity contribution in [2.75, 3.05) is 11.9 Å². The van der Waals surface area contributed by atoms with Crippen molar-refractivity contribution in [2.45, 2.75) is 29.7 Å². The maximum Gasteiger partial charge on any atom is 0.329 e. The van der Waals surface area contributed by atoms with Gasteiger partial charge in [-0.2, -0.15) is 8.78 Å². The fourth-order valence-corrected chi connectivity index (χ4v) is 2.77. The molecule has 0 saturated heterocycles. The molecule has 29 heavy (non-hydrogen) atoms. The van der Waals surface area contributed by atoms with Gasteiger partial charge in [-0.3, -0.25) is 9.59 Å². The lowest BCUT2D eigenvalue weighted by Gasteiger charge is -2.16. The summed E-state index contributed by atoms with van der Waals surface area (Å²) in [5.74, 6) is 0.242. The van der Waals surface area contributed by atoms with Gasteiger partial charge >= 0.3 is 3.93 Å². The maximum absolute atomic E-state index is 13.0. The molecule has 1 unspecified atom stereocenters. The second-order valence-electron chi connectivity index (χ2n) is 6.86. The third-order valence-corrected chi connectivity index (χ3v) is 4.64. The first-order chi connectivity index (χ1) is 13.7. The molecule has 1 aliphatic carbocycles. The number of benzene rings is 1. The standard InChI is InChI=1S/C20H20F2IN3O3/c1-12(14-3-2-4-16(9-14)29-11-20(21,22)23)25-19(28)15-7-8-24-17(10-15)26-18(27)13-5-6-13/h2-4,7-10,12-13H,5-6,11H2,1H3,(H,25,28)(H,24,26,27). The van der Waals surface area contributed by atoms with E-state index >= 15 is 0 Å². The van der Waals surface area contributed by atoms with Crippen LogP contribution < -0.4 is 15.4 Å². The maximum atomic E-state index is 13.0. The van der Waals surface area contributed by atoms with Crippen LogP contribution in [0.25, 0.3) is 0 Å².